The van der Waals surface area contributed by atoms with Crippen molar-refractivity contribution in [3.05, 3.63) is 59.8 Å². The first-order valence-corrected chi connectivity index (χ1v) is 9.99. The zero-order valence-electron chi connectivity index (χ0n) is 16.9. The lowest BCUT2D eigenvalue weighted by molar-refractivity contribution is 0.213. The van der Waals surface area contributed by atoms with Crippen molar-refractivity contribution in [2.24, 2.45) is 5.92 Å². The third-order valence-corrected chi connectivity index (χ3v) is 5.36. The minimum atomic E-state index is 0.215. The van der Waals surface area contributed by atoms with Gasteiger partial charge in [-0.1, -0.05) is 77.1 Å². The van der Waals surface area contributed by atoms with Crippen LogP contribution in [-0.2, 0) is 11.8 Å². The van der Waals surface area contributed by atoms with Crippen LogP contribution in [0.3, 0.4) is 0 Å². The molecule has 1 aromatic carbocycles. The van der Waals surface area contributed by atoms with E-state index >= 15 is 0 Å². The Balaban J connectivity index is 2.00. The van der Waals surface area contributed by atoms with Crippen molar-refractivity contribution >= 4 is 0 Å². The molecule has 0 saturated carbocycles. The Hall–Kier alpha value is -1.50. The predicted octanol–water partition coefficient (Wildman–Crippen LogP) is 6.50. The molecule has 0 aliphatic carbocycles. The van der Waals surface area contributed by atoms with E-state index in [1.807, 2.05) is 0 Å². The molecular weight excluding hydrogens is 302 g/mol. The summed E-state index contributed by atoms with van der Waals surface area (Å²) in [4.78, 5) is 2.52. The fourth-order valence-electron chi connectivity index (χ4n) is 4.10. The molecule has 0 radical (unpaired) electrons. The summed E-state index contributed by atoms with van der Waals surface area (Å²) in [6.07, 6.45) is 7.07. The topological polar surface area (TPSA) is 3.24 Å². The first-order valence-electron chi connectivity index (χ1n) is 9.99. The van der Waals surface area contributed by atoms with Gasteiger partial charge in [0.25, 0.3) is 0 Å². The molecule has 0 aromatic heterocycles. The van der Waals surface area contributed by atoms with Crippen LogP contribution in [0.2, 0.25) is 0 Å². The van der Waals surface area contributed by atoms with Crippen LogP contribution in [0.15, 0.2) is 48.7 Å². The molecule has 0 N–H and O–H groups in total. The van der Waals surface area contributed by atoms with Gasteiger partial charge in [0.1, 0.15) is 0 Å². The lowest BCUT2D eigenvalue weighted by Crippen LogP contribution is -2.35. The summed E-state index contributed by atoms with van der Waals surface area (Å²) in [7, 11) is 0. The Kier molecular flexibility index (Phi) is 6.93. The number of hydrogen-bond donors (Lipinski definition) is 0. The van der Waals surface area contributed by atoms with Gasteiger partial charge in [0, 0.05) is 25.2 Å². The highest BCUT2D eigenvalue weighted by molar-refractivity contribution is 5.33. The molecule has 1 atom stereocenters. The van der Waals surface area contributed by atoms with Crippen molar-refractivity contribution in [2.45, 2.75) is 71.6 Å². The van der Waals surface area contributed by atoms with E-state index in [-0.39, 0.29) is 5.41 Å². The summed E-state index contributed by atoms with van der Waals surface area (Å²) in [6, 6.07) is 9.01. The summed E-state index contributed by atoms with van der Waals surface area (Å²) >= 11 is 0. The Morgan fingerprint density at radius 1 is 1.20 bits per heavy atom. The maximum absolute atomic E-state index is 4.36. The van der Waals surface area contributed by atoms with Crippen LogP contribution in [0.1, 0.15) is 70.9 Å². The number of likely N-dealkylation sites (tertiary alicyclic amines) is 1. The van der Waals surface area contributed by atoms with E-state index in [4.69, 9.17) is 0 Å². The van der Waals surface area contributed by atoms with Gasteiger partial charge in [-0.25, -0.2) is 0 Å². The lowest BCUT2D eigenvalue weighted by atomic mass is 9.80. The van der Waals surface area contributed by atoms with Gasteiger partial charge >= 0.3 is 0 Å². The van der Waals surface area contributed by atoms with Crippen LogP contribution in [-0.4, -0.2) is 18.0 Å². The Bertz CT molecular complexity index is 590. The third-order valence-electron chi connectivity index (χ3n) is 5.36. The van der Waals surface area contributed by atoms with Gasteiger partial charge in [0.15, 0.2) is 0 Å². The average Bonchev–Trinajstić information content (AvgIpc) is 2.55. The first-order chi connectivity index (χ1) is 11.8. The fraction of sp³-hybridized carbons (Fsp3) is 0.583. The fourth-order valence-corrected chi connectivity index (χ4v) is 4.10. The number of piperidine rings is 1. The molecule has 1 heterocycles. The Morgan fingerprint density at radius 3 is 2.60 bits per heavy atom. The molecule has 1 aromatic rings. The van der Waals surface area contributed by atoms with Gasteiger partial charge < -0.3 is 4.90 Å². The highest BCUT2D eigenvalue weighted by atomic mass is 15.1. The Labute approximate surface area is 155 Å². The number of rotatable bonds is 7. The van der Waals surface area contributed by atoms with Crippen molar-refractivity contribution < 1.29 is 0 Å². The second-order valence-electron chi connectivity index (χ2n) is 8.81. The summed E-state index contributed by atoms with van der Waals surface area (Å²) in [6.45, 7) is 20.1. The largest absolute Gasteiger partial charge is 0.375 e. The molecule has 1 fully saturated rings. The van der Waals surface area contributed by atoms with E-state index in [2.05, 4.69) is 70.0 Å². The van der Waals surface area contributed by atoms with Crippen LogP contribution < -0.4 is 0 Å². The number of benzene rings is 1. The summed E-state index contributed by atoms with van der Waals surface area (Å²) in [5, 5.41) is 0. The summed E-state index contributed by atoms with van der Waals surface area (Å²) < 4.78 is 0. The van der Waals surface area contributed by atoms with E-state index in [9.17, 15) is 0 Å². The Morgan fingerprint density at radius 2 is 1.92 bits per heavy atom. The maximum atomic E-state index is 4.36. The van der Waals surface area contributed by atoms with Crippen LogP contribution >= 0.6 is 0 Å². The SMILES string of the molecule is C=C(CCC)CC(=C)N1CCCC(Cc2ccccc2C(C)(C)C)C1. The minimum Gasteiger partial charge on any atom is -0.375 e. The first kappa shape index (κ1) is 19.8. The van der Waals surface area contributed by atoms with E-state index in [0.29, 0.717) is 0 Å². The van der Waals surface area contributed by atoms with Crippen LogP contribution in [0, 0.1) is 5.92 Å². The van der Waals surface area contributed by atoms with Crippen molar-refractivity contribution in [3.8, 4) is 0 Å². The van der Waals surface area contributed by atoms with Gasteiger partial charge in [-0.15, -0.1) is 0 Å². The molecule has 0 bridgehead atoms. The third kappa shape index (κ3) is 5.76. The highest BCUT2D eigenvalue weighted by Crippen LogP contribution is 2.30. The van der Waals surface area contributed by atoms with Crippen LogP contribution in [0.4, 0.5) is 0 Å². The molecule has 2 rings (SSSR count). The van der Waals surface area contributed by atoms with Crippen LogP contribution in [0.5, 0.6) is 0 Å². The standard InChI is InChI=1S/C24H37N/c1-7-11-19(2)16-20(3)25-15-10-12-21(18-25)17-22-13-8-9-14-23(22)24(4,5)6/h8-9,13-14,21H,2-3,7,10-12,15-18H2,1,4-6H3. The number of nitrogens with zero attached hydrogens (tertiary/aromatic N) is 1. The predicted molar refractivity (Wildman–Crippen MR) is 111 cm³/mol. The van der Waals surface area contributed by atoms with Crippen molar-refractivity contribution in [1.82, 2.24) is 4.90 Å². The molecule has 25 heavy (non-hydrogen) atoms. The van der Waals surface area contributed by atoms with Crippen molar-refractivity contribution in [3.63, 3.8) is 0 Å². The van der Waals surface area contributed by atoms with Crippen molar-refractivity contribution in [2.75, 3.05) is 13.1 Å². The van der Waals surface area contributed by atoms with E-state index in [1.54, 1.807) is 0 Å². The van der Waals surface area contributed by atoms with Gasteiger partial charge in [0.2, 0.25) is 0 Å². The second-order valence-corrected chi connectivity index (χ2v) is 8.81. The van der Waals surface area contributed by atoms with Gasteiger partial charge in [-0.3, -0.25) is 0 Å². The smallest absolute Gasteiger partial charge is 0.0206 e. The number of allylic oxidation sites excluding steroid dienone is 1. The zero-order chi connectivity index (χ0) is 18.4. The van der Waals surface area contributed by atoms with Gasteiger partial charge in [0.05, 0.1) is 0 Å². The molecule has 0 amide bonds. The van der Waals surface area contributed by atoms with Gasteiger partial charge in [-0.05, 0) is 48.1 Å². The van der Waals surface area contributed by atoms with E-state index in [1.165, 1.54) is 48.1 Å². The molecule has 1 saturated heterocycles. The molecule has 1 unspecified atom stereocenters. The quantitative estimate of drug-likeness (QED) is 0.513. The molecule has 138 valence electrons. The molecule has 1 aliphatic heterocycles. The lowest BCUT2D eigenvalue weighted by Gasteiger charge is -2.36. The van der Waals surface area contributed by atoms with Gasteiger partial charge in [-0.2, -0.15) is 0 Å². The monoisotopic (exact) mass is 339 g/mol. The second kappa shape index (κ2) is 8.74. The molecular formula is C24H37N. The minimum absolute atomic E-state index is 0.215. The van der Waals surface area contributed by atoms with Crippen LogP contribution in [0.25, 0.3) is 0 Å². The van der Waals surface area contributed by atoms with E-state index < -0.39 is 0 Å². The molecule has 1 nitrogen and oxygen atoms in total. The maximum Gasteiger partial charge on any atom is 0.0206 e. The number of hydrogen-bond acceptors (Lipinski definition) is 1. The zero-order valence-corrected chi connectivity index (χ0v) is 16.9. The molecule has 1 heteroatoms. The van der Waals surface area contributed by atoms with Crippen molar-refractivity contribution in [1.29, 1.82) is 0 Å². The molecule has 0 spiro atoms. The normalized spacial score (nSPS) is 18.2. The summed E-state index contributed by atoms with van der Waals surface area (Å²) in [5.74, 6) is 0.730. The summed E-state index contributed by atoms with van der Waals surface area (Å²) in [5.41, 5.74) is 5.84. The molecule has 1 aliphatic rings. The average molecular weight is 340 g/mol. The highest BCUT2D eigenvalue weighted by Gasteiger charge is 2.24. The van der Waals surface area contributed by atoms with E-state index in [0.717, 1.165) is 31.8 Å².